The zero-order valence-electron chi connectivity index (χ0n) is 24.4. The number of benzene rings is 1. The van der Waals surface area contributed by atoms with Crippen molar-refractivity contribution in [2.24, 2.45) is 0 Å². The Morgan fingerprint density at radius 1 is 0.935 bits per heavy atom. The summed E-state index contributed by atoms with van der Waals surface area (Å²) >= 11 is 0. The molecule has 11 nitrogen and oxygen atoms in total. The highest BCUT2D eigenvalue weighted by molar-refractivity contribution is 6.05. The number of aliphatic hydroxyl groups is 2. The summed E-state index contributed by atoms with van der Waals surface area (Å²) in [5.74, 6) is -2.55. The summed E-state index contributed by atoms with van der Waals surface area (Å²) in [5, 5.41) is 33.0. The van der Waals surface area contributed by atoms with Crippen LogP contribution in [0.2, 0.25) is 0 Å². The van der Waals surface area contributed by atoms with Crippen LogP contribution in [0.15, 0.2) is 78.9 Å². The van der Waals surface area contributed by atoms with E-state index in [-0.39, 0.29) is 23.8 Å². The Hall–Kier alpha value is -6.10. The van der Waals surface area contributed by atoms with E-state index in [9.17, 15) is 39.3 Å². The zero-order valence-corrected chi connectivity index (χ0v) is 24.4. The average Bonchev–Trinajstić information content (AvgIpc) is 3.54. The summed E-state index contributed by atoms with van der Waals surface area (Å²) < 4.78 is 4.94. The first kappa shape index (κ1) is 28.7. The van der Waals surface area contributed by atoms with E-state index in [2.05, 4.69) is 9.97 Å². The van der Waals surface area contributed by atoms with Crippen molar-refractivity contribution >= 4 is 28.4 Å². The Kier molecular flexibility index (Phi) is 6.21. The van der Waals surface area contributed by atoms with Gasteiger partial charge in [-0.15, -0.1) is 0 Å². The first-order chi connectivity index (χ1) is 22.1. The van der Waals surface area contributed by atoms with E-state index in [1.54, 1.807) is 48.8 Å². The smallest absolute Gasteiger partial charge is 0.260 e. The lowest BCUT2D eigenvalue weighted by atomic mass is 9.77. The maximum Gasteiger partial charge on any atom is 0.260 e. The number of hydrogen-bond acceptors (Lipinski definition) is 10. The van der Waals surface area contributed by atoms with E-state index in [4.69, 9.17) is 4.74 Å². The monoisotopic (exact) mass is 616 g/mol. The van der Waals surface area contributed by atoms with Gasteiger partial charge in [0.15, 0.2) is 11.2 Å². The van der Waals surface area contributed by atoms with E-state index in [0.717, 1.165) is 13.2 Å². The van der Waals surface area contributed by atoms with Gasteiger partial charge in [0.05, 0.1) is 33.4 Å². The number of nitrogens with zero attached hydrogens (tertiary/aromatic N) is 1. The van der Waals surface area contributed by atoms with Gasteiger partial charge in [-0.05, 0) is 49.1 Å². The first-order valence-electron chi connectivity index (χ1n) is 14.3. The van der Waals surface area contributed by atoms with Crippen LogP contribution < -0.4 is 42.4 Å². The van der Waals surface area contributed by atoms with E-state index < -0.39 is 76.6 Å². The molecule has 228 valence electrons. The number of phenolic OH excluding ortho intramolecular Hbond substituents is 1. The average molecular weight is 617 g/mol. The third kappa shape index (κ3) is 3.53. The molecule has 2 heterocycles. The minimum absolute atomic E-state index is 0.0714. The Morgan fingerprint density at radius 2 is 1.65 bits per heavy atom. The number of aromatic nitrogens is 2. The predicted molar refractivity (Wildman–Crippen MR) is 170 cm³/mol. The third-order valence-electron chi connectivity index (χ3n) is 8.98. The maximum atomic E-state index is 13.8. The van der Waals surface area contributed by atoms with Crippen molar-refractivity contribution in [3.63, 3.8) is 0 Å². The van der Waals surface area contributed by atoms with Gasteiger partial charge in [0.2, 0.25) is 16.3 Å². The number of allylic oxidation sites excluding steroid dienone is 3. The number of aromatic hydroxyl groups is 1. The number of methoxy groups -OCH3 is 1. The van der Waals surface area contributed by atoms with Crippen molar-refractivity contribution in [2.45, 2.75) is 25.2 Å². The molecule has 0 unspecified atom stereocenters. The first-order valence-corrected chi connectivity index (χ1v) is 14.3. The second-order valence-corrected chi connectivity index (χ2v) is 11.2. The molecule has 2 aromatic heterocycles. The second-order valence-electron chi connectivity index (χ2n) is 11.2. The van der Waals surface area contributed by atoms with Crippen LogP contribution >= 0.6 is 0 Å². The number of hydrogen-bond donors (Lipinski definition) is 4. The van der Waals surface area contributed by atoms with Crippen LogP contribution in [0.5, 0.6) is 11.5 Å². The minimum atomic E-state index is -2.03. The van der Waals surface area contributed by atoms with Crippen molar-refractivity contribution in [1.82, 2.24) is 9.97 Å². The third-order valence-corrected chi connectivity index (χ3v) is 8.98. The minimum Gasteiger partial charge on any atom is -0.510 e. The number of aromatic amines is 1. The van der Waals surface area contributed by atoms with Gasteiger partial charge < -0.3 is 25.0 Å². The molecule has 0 fully saturated rings. The maximum absolute atomic E-state index is 13.8. The van der Waals surface area contributed by atoms with Crippen LogP contribution in [-0.2, 0) is 11.8 Å². The number of H-pyrrole nitrogens is 1. The number of fused-ring (bicyclic) bond motifs is 4. The summed E-state index contributed by atoms with van der Waals surface area (Å²) in [6.07, 6.45) is 10.2. The molecule has 0 radical (unpaired) electrons. The second kappa shape index (κ2) is 9.96. The fourth-order valence-corrected chi connectivity index (χ4v) is 7.07. The van der Waals surface area contributed by atoms with Crippen LogP contribution in [0, 0.1) is 10.4 Å². The fourth-order valence-electron chi connectivity index (χ4n) is 7.07. The number of ether oxygens (including phenoxy) is 1. The van der Waals surface area contributed by atoms with Crippen molar-refractivity contribution in [3.05, 3.63) is 144 Å². The van der Waals surface area contributed by atoms with Crippen molar-refractivity contribution in [2.75, 3.05) is 7.11 Å². The predicted octanol–water partition coefficient (Wildman–Crippen LogP) is 1.16. The number of nitrogens with one attached hydrogen (secondary N) is 1. The van der Waals surface area contributed by atoms with Gasteiger partial charge in [-0.25, -0.2) is 0 Å². The van der Waals surface area contributed by atoms with Crippen molar-refractivity contribution < 1.29 is 20.1 Å². The lowest BCUT2D eigenvalue weighted by Crippen LogP contribution is -2.51. The van der Waals surface area contributed by atoms with E-state index in [1.807, 2.05) is 13.0 Å². The van der Waals surface area contributed by atoms with Crippen LogP contribution in [0.1, 0.15) is 30.2 Å². The van der Waals surface area contributed by atoms with Crippen LogP contribution in [-0.4, -0.2) is 32.4 Å². The SMILES string of the molecule is C/C=C/C=C/c1cc2c(-c3cccnc3)c3c(c(O)c2c(=O)[nH]1)[C@@]1(CC3)C(O)=c2c(=O)c3c(=O)cc(OC)c(=O)c=3c(=O)c2=C1O. The highest BCUT2D eigenvalue weighted by Gasteiger charge is 2.54. The van der Waals surface area contributed by atoms with Gasteiger partial charge >= 0.3 is 0 Å². The molecule has 1 aromatic carbocycles. The molecule has 3 aromatic rings. The van der Waals surface area contributed by atoms with Gasteiger partial charge in [0.1, 0.15) is 22.7 Å². The molecule has 0 aliphatic heterocycles. The number of phenols is 1. The Bertz CT molecular complexity index is 2720. The molecule has 0 amide bonds. The standard InChI is InChI=1S/C35H24N2O9/c1-3-4-5-8-16-12-18-21(15-7-6-11-36-14-15)17-9-10-35(27(17)31(42)22(18)34(45)37-16)32(43)25-26(33(35)44)30(41)24-23(29(25)40)19(38)13-20(46-2)28(24)39/h3-8,11-14,42-44H,9-10H2,1-2H3,(H,37,45)/b4-3+,8-5+/t35-/m0/s1. The number of pyridine rings is 2. The fraction of sp³-hybridized carbons (Fsp3) is 0.143. The van der Waals surface area contributed by atoms with Crippen molar-refractivity contribution in [1.29, 1.82) is 0 Å². The summed E-state index contributed by atoms with van der Waals surface area (Å²) in [6, 6.07) is 5.94. The molecule has 7 rings (SSSR count). The molecule has 0 saturated heterocycles. The van der Waals surface area contributed by atoms with Crippen LogP contribution in [0.3, 0.4) is 0 Å². The largest absolute Gasteiger partial charge is 0.510 e. The summed E-state index contributed by atoms with van der Waals surface area (Å²) in [4.78, 5) is 74.2. The molecule has 0 bridgehead atoms. The Morgan fingerprint density at radius 3 is 2.30 bits per heavy atom. The quantitative estimate of drug-likeness (QED) is 0.214. The van der Waals surface area contributed by atoms with Crippen molar-refractivity contribution in [3.8, 4) is 22.6 Å². The van der Waals surface area contributed by atoms with Gasteiger partial charge in [0.25, 0.3) is 5.56 Å². The molecule has 46 heavy (non-hydrogen) atoms. The summed E-state index contributed by atoms with van der Waals surface area (Å²) in [6.45, 7) is 1.84. The molecule has 11 heteroatoms. The number of rotatable bonds is 4. The topological polar surface area (TPSA) is 184 Å². The molecule has 1 atom stereocenters. The van der Waals surface area contributed by atoms with Gasteiger partial charge in [0, 0.05) is 40.7 Å². The molecular weight excluding hydrogens is 592 g/mol. The number of aliphatic hydroxyl groups excluding tert-OH is 2. The summed E-state index contributed by atoms with van der Waals surface area (Å²) in [7, 11) is 1.13. The normalized spacial score (nSPS) is 17.3. The van der Waals surface area contributed by atoms with Crippen LogP contribution in [0.4, 0.5) is 0 Å². The molecular formula is C35H24N2O9. The summed E-state index contributed by atoms with van der Waals surface area (Å²) in [5.41, 5.74) is -5.04. The highest BCUT2D eigenvalue weighted by Crippen LogP contribution is 2.56. The molecule has 4 N–H and O–H groups in total. The lowest BCUT2D eigenvalue weighted by molar-refractivity contribution is 0.362. The lowest BCUT2D eigenvalue weighted by Gasteiger charge is -2.28. The van der Waals surface area contributed by atoms with Gasteiger partial charge in [-0.1, -0.05) is 24.3 Å². The zero-order chi connectivity index (χ0) is 32.7. The van der Waals surface area contributed by atoms with E-state index in [0.29, 0.717) is 27.8 Å². The van der Waals surface area contributed by atoms with E-state index in [1.165, 1.54) is 0 Å². The highest BCUT2D eigenvalue weighted by atomic mass is 16.5. The molecule has 4 aliphatic rings. The Balaban J connectivity index is 1.68. The molecule has 4 aliphatic carbocycles. The molecule has 0 saturated carbocycles. The van der Waals surface area contributed by atoms with Crippen LogP contribution in [0.25, 0.3) is 39.5 Å². The van der Waals surface area contributed by atoms with Gasteiger partial charge in [-0.3, -0.25) is 29.0 Å². The van der Waals surface area contributed by atoms with E-state index >= 15 is 0 Å². The Labute approximate surface area is 257 Å². The van der Waals surface area contributed by atoms with Gasteiger partial charge in [-0.2, -0.15) is 0 Å². The molecule has 1 spiro atoms.